The summed E-state index contributed by atoms with van der Waals surface area (Å²) >= 11 is 0. The standard InChI is InChI=1S/C16H23NO4/c1-16(2,3)21-14(18)11-17-13(15(19)20-4)10-12-8-6-5-7-9-12/h5-9,13,17H,10-11H2,1-4H3/t13-/m1/s1. The van der Waals surface area contributed by atoms with Gasteiger partial charge in [0.2, 0.25) is 0 Å². The minimum Gasteiger partial charge on any atom is -0.468 e. The van der Waals surface area contributed by atoms with E-state index in [4.69, 9.17) is 9.47 Å². The lowest BCUT2D eigenvalue weighted by Crippen LogP contribution is -2.43. The van der Waals surface area contributed by atoms with Crippen LogP contribution in [0.15, 0.2) is 30.3 Å². The van der Waals surface area contributed by atoms with Crippen molar-refractivity contribution in [3.63, 3.8) is 0 Å². The second-order valence-corrected chi connectivity index (χ2v) is 5.73. The molecule has 116 valence electrons. The summed E-state index contributed by atoms with van der Waals surface area (Å²) in [5.74, 6) is -0.799. The van der Waals surface area contributed by atoms with Gasteiger partial charge in [-0.05, 0) is 32.8 Å². The van der Waals surface area contributed by atoms with Gasteiger partial charge in [0.25, 0.3) is 0 Å². The number of methoxy groups -OCH3 is 1. The Bertz CT molecular complexity index is 465. The summed E-state index contributed by atoms with van der Waals surface area (Å²) in [6.45, 7) is 5.36. The smallest absolute Gasteiger partial charge is 0.323 e. The molecule has 1 aromatic rings. The first-order valence-corrected chi connectivity index (χ1v) is 6.89. The van der Waals surface area contributed by atoms with Crippen molar-refractivity contribution in [3.05, 3.63) is 35.9 Å². The Kier molecular flexibility index (Phi) is 6.37. The van der Waals surface area contributed by atoms with Crippen molar-refractivity contribution >= 4 is 11.9 Å². The van der Waals surface area contributed by atoms with Gasteiger partial charge in [-0.2, -0.15) is 0 Å². The van der Waals surface area contributed by atoms with Crippen molar-refractivity contribution in [3.8, 4) is 0 Å². The predicted octanol–water partition coefficient (Wildman–Crippen LogP) is 1.70. The van der Waals surface area contributed by atoms with Gasteiger partial charge in [0.1, 0.15) is 11.6 Å². The second kappa shape index (κ2) is 7.78. The molecular formula is C16H23NO4. The molecule has 0 fully saturated rings. The van der Waals surface area contributed by atoms with Crippen LogP contribution < -0.4 is 5.32 Å². The maximum Gasteiger partial charge on any atom is 0.323 e. The Hall–Kier alpha value is -1.88. The van der Waals surface area contributed by atoms with Gasteiger partial charge < -0.3 is 9.47 Å². The van der Waals surface area contributed by atoms with Gasteiger partial charge in [-0.3, -0.25) is 14.9 Å². The highest BCUT2D eigenvalue weighted by molar-refractivity contribution is 5.78. The summed E-state index contributed by atoms with van der Waals surface area (Å²) in [5.41, 5.74) is 0.448. The van der Waals surface area contributed by atoms with Crippen molar-refractivity contribution in [2.24, 2.45) is 0 Å². The topological polar surface area (TPSA) is 64.6 Å². The van der Waals surface area contributed by atoms with Crippen LogP contribution in [0.1, 0.15) is 26.3 Å². The Morgan fingerprint density at radius 3 is 2.33 bits per heavy atom. The molecule has 0 amide bonds. The fourth-order valence-electron chi connectivity index (χ4n) is 1.82. The molecule has 0 aromatic heterocycles. The molecule has 0 aliphatic rings. The maximum atomic E-state index is 11.8. The summed E-state index contributed by atoms with van der Waals surface area (Å²) in [5, 5.41) is 2.89. The van der Waals surface area contributed by atoms with Crippen LogP contribution in [0.25, 0.3) is 0 Å². The summed E-state index contributed by atoms with van der Waals surface area (Å²) in [7, 11) is 1.33. The van der Waals surface area contributed by atoms with Gasteiger partial charge in [0, 0.05) is 0 Å². The van der Waals surface area contributed by atoms with Crippen LogP contribution in [0.4, 0.5) is 0 Å². The van der Waals surface area contributed by atoms with Crippen molar-refractivity contribution in [1.82, 2.24) is 5.32 Å². The lowest BCUT2D eigenvalue weighted by Gasteiger charge is -2.21. The van der Waals surface area contributed by atoms with Crippen LogP contribution in [0.3, 0.4) is 0 Å². The molecule has 0 aliphatic carbocycles. The van der Waals surface area contributed by atoms with Gasteiger partial charge in [0.15, 0.2) is 0 Å². The van der Waals surface area contributed by atoms with Crippen molar-refractivity contribution in [1.29, 1.82) is 0 Å². The molecule has 0 bridgehead atoms. The Morgan fingerprint density at radius 2 is 1.81 bits per heavy atom. The summed E-state index contributed by atoms with van der Waals surface area (Å²) < 4.78 is 9.96. The first-order valence-electron chi connectivity index (χ1n) is 6.89. The molecule has 0 radical (unpaired) electrons. The van der Waals surface area contributed by atoms with E-state index in [0.29, 0.717) is 6.42 Å². The number of hydrogen-bond donors (Lipinski definition) is 1. The molecule has 0 aliphatic heterocycles. The number of esters is 2. The number of carbonyl (C=O) groups is 2. The monoisotopic (exact) mass is 293 g/mol. The number of nitrogens with one attached hydrogen (secondary N) is 1. The normalized spacial score (nSPS) is 12.6. The van der Waals surface area contributed by atoms with E-state index >= 15 is 0 Å². The molecule has 5 heteroatoms. The minimum absolute atomic E-state index is 0.0378. The van der Waals surface area contributed by atoms with Crippen molar-refractivity contribution < 1.29 is 19.1 Å². The zero-order valence-electron chi connectivity index (χ0n) is 13.0. The van der Waals surface area contributed by atoms with Gasteiger partial charge in [0.05, 0.1) is 13.7 Å². The van der Waals surface area contributed by atoms with Gasteiger partial charge in [-0.1, -0.05) is 30.3 Å². The van der Waals surface area contributed by atoms with Gasteiger partial charge in [-0.15, -0.1) is 0 Å². The molecule has 21 heavy (non-hydrogen) atoms. The van der Waals surface area contributed by atoms with E-state index in [-0.39, 0.29) is 6.54 Å². The highest BCUT2D eigenvalue weighted by Gasteiger charge is 2.22. The molecule has 1 N–H and O–H groups in total. The van der Waals surface area contributed by atoms with Gasteiger partial charge >= 0.3 is 11.9 Å². The van der Waals surface area contributed by atoms with E-state index in [1.54, 1.807) is 20.8 Å². The highest BCUT2D eigenvalue weighted by Crippen LogP contribution is 2.07. The van der Waals surface area contributed by atoms with Crippen LogP contribution in [0.5, 0.6) is 0 Å². The first-order chi connectivity index (χ1) is 9.81. The molecule has 1 atom stereocenters. The molecular weight excluding hydrogens is 270 g/mol. The molecule has 1 rings (SSSR count). The highest BCUT2D eigenvalue weighted by atomic mass is 16.6. The number of hydrogen-bond acceptors (Lipinski definition) is 5. The maximum absolute atomic E-state index is 11.8. The first kappa shape index (κ1) is 17.2. The quantitative estimate of drug-likeness (QED) is 0.809. The van der Waals surface area contributed by atoms with E-state index in [9.17, 15) is 9.59 Å². The van der Waals surface area contributed by atoms with E-state index in [1.807, 2.05) is 30.3 Å². The van der Waals surface area contributed by atoms with Crippen LogP contribution >= 0.6 is 0 Å². The molecule has 5 nitrogen and oxygen atoms in total. The summed E-state index contributed by atoms with van der Waals surface area (Å²) in [6, 6.07) is 8.97. The van der Waals surface area contributed by atoms with Gasteiger partial charge in [-0.25, -0.2) is 0 Å². The second-order valence-electron chi connectivity index (χ2n) is 5.73. The Balaban J connectivity index is 2.59. The SMILES string of the molecule is COC(=O)[C@@H](Cc1ccccc1)NCC(=O)OC(C)(C)C. The average Bonchev–Trinajstić information content (AvgIpc) is 2.41. The largest absolute Gasteiger partial charge is 0.468 e. The van der Waals surface area contributed by atoms with Crippen LogP contribution in [-0.4, -0.2) is 37.2 Å². The lowest BCUT2D eigenvalue weighted by molar-refractivity contribution is -0.154. The Morgan fingerprint density at radius 1 is 1.19 bits per heavy atom. The molecule has 1 aromatic carbocycles. The molecule has 0 unspecified atom stereocenters. The third-order valence-corrected chi connectivity index (χ3v) is 2.68. The third kappa shape index (κ3) is 6.90. The fourth-order valence-corrected chi connectivity index (χ4v) is 1.82. The number of rotatable bonds is 6. The predicted molar refractivity (Wildman–Crippen MR) is 79.8 cm³/mol. The van der Waals surface area contributed by atoms with E-state index in [2.05, 4.69) is 5.32 Å². The molecule has 0 saturated carbocycles. The van der Waals surface area contributed by atoms with Crippen LogP contribution in [0.2, 0.25) is 0 Å². The zero-order chi connectivity index (χ0) is 15.9. The molecule has 0 heterocycles. The summed E-state index contributed by atoms with van der Waals surface area (Å²) in [6.07, 6.45) is 0.455. The van der Waals surface area contributed by atoms with E-state index in [1.165, 1.54) is 7.11 Å². The average molecular weight is 293 g/mol. The molecule has 0 saturated heterocycles. The van der Waals surface area contributed by atoms with E-state index in [0.717, 1.165) is 5.56 Å². The number of carbonyl (C=O) groups excluding carboxylic acids is 2. The third-order valence-electron chi connectivity index (χ3n) is 2.68. The number of ether oxygens (including phenoxy) is 2. The van der Waals surface area contributed by atoms with Crippen molar-refractivity contribution in [2.75, 3.05) is 13.7 Å². The zero-order valence-corrected chi connectivity index (χ0v) is 13.0. The molecule has 0 spiro atoms. The fraction of sp³-hybridized carbons (Fsp3) is 0.500. The Labute approximate surface area is 125 Å². The van der Waals surface area contributed by atoms with E-state index < -0.39 is 23.6 Å². The lowest BCUT2D eigenvalue weighted by atomic mass is 10.1. The van der Waals surface area contributed by atoms with Crippen LogP contribution in [0, 0.1) is 0 Å². The number of benzene rings is 1. The van der Waals surface area contributed by atoms with Crippen molar-refractivity contribution in [2.45, 2.75) is 38.8 Å². The minimum atomic E-state index is -0.579. The van der Waals surface area contributed by atoms with Crippen LogP contribution in [-0.2, 0) is 25.5 Å². The summed E-state index contributed by atoms with van der Waals surface area (Å²) in [4.78, 5) is 23.5.